The first kappa shape index (κ1) is 10.7. The van der Waals surface area contributed by atoms with Crippen molar-refractivity contribution in [2.45, 2.75) is 38.7 Å². The maximum Gasteiger partial charge on any atom is 0.132 e. The van der Waals surface area contributed by atoms with Gasteiger partial charge in [0.05, 0.1) is 6.10 Å². The number of aromatic nitrogens is 1. The third kappa shape index (κ3) is 3.10. The van der Waals surface area contributed by atoms with Crippen molar-refractivity contribution in [3.8, 4) is 5.75 Å². The van der Waals surface area contributed by atoms with Gasteiger partial charge >= 0.3 is 0 Å². The van der Waals surface area contributed by atoms with E-state index in [0.717, 1.165) is 24.5 Å². The molecular formula is C12H16ClNO. The van der Waals surface area contributed by atoms with E-state index in [0.29, 0.717) is 11.3 Å². The molecule has 3 heteroatoms. The molecule has 2 nitrogen and oxygen atoms in total. The van der Waals surface area contributed by atoms with Gasteiger partial charge in [-0.3, -0.25) is 0 Å². The maximum absolute atomic E-state index is 5.88. The molecule has 0 saturated heterocycles. The van der Waals surface area contributed by atoms with E-state index in [9.17, 15) is 0 Å². The SMILES string of the molecule is CC1CCCC(Oc2ccnc(Cl)c2)C1. The Labute approximate surface area is 95.6 Å². The second-order valence-corrected chi connectivity index (χ2v) is 4.71. The highest BCUT2D eigenvalue weighted by atomic mass is 35.5. The average molecular weight is 226 g/mol. The van der Waals surface area contributed by atoms with Crippen LogP contribution in [0.2, 0.25) is 5.15 Å². The van der Waals surface area contributed by atoms with E-state index in [1.807, 2.05) is 6.07 Å². The van der Waals surface area contributed by atoms with Gasteiger partial charge in [0.2, 0.25) is 0 Å². The van der Waals surface area contributed by atoms with Gasteiger partial charge in [-0.25, -0.2) is 4.98 Å². The zero-order chi connectivity index (χ0) is 10.7. The third-order valence-corrected chi connectivity index (χ3v) is 3.10. The topological polar surface area (TPSA) is 22.1 Å². The van der Waals surface area contributed by atoms with E-state index in [1.54, 1.807) is 12.3 Å². The smallest absolute Gasteiger partial charge is 0.132 e. The monoisotopic (exact) mass is 225 g/mol. The number of halogens is 1. The molecule has 0 N–H and O–H groups in total. The summed E-state index contributed by atoms with van der Waals surface area (Å²) in [5.41, 5.74) is 0. The number of hydrogen-bond donors (Lipinski definition) is 0. The molecule has 0 spiro atoms. The fourth-order valence-electron chi connectivity index (χ4n) is 2.14. The molecular weight excluding hydrogens is 210 g/mol. The van der Waals surface area contributed by atoms with E-state index >= 15 is 0 Å². The minimum atomic E-state index is 0.354. The van der Waals surface area contributed by atoms with Gasteiger partial charge in [0, 0.05) is 12.3 Å². The largest absolute Gasteiger partial charge is 0.490 e. The first-order valence-corrected chi connectivity index (χ1v) is 5.90. The predicted octanol–water partition coefficient (Wildman–Crippen LogP) is 3.69. The van der Waals surface area contributed by atoms with E-state index in [-0.39, 0.29) is 0 Å². The minimum absolute atomic E-state index is 0.354. The van der Waals surface area contributed by atoms with Crippen LogP contribution in [0.4, 0.5) is 0 Å². The second kappa shape index (κ2) is 4.84. The number of ether oxygens (including phenoxy) is 1. The summed E-state index contributed by atoms with van der Waals surface area (Å²) in [4.78, 5) is 3.93. The molecule has 1 aliphatic carbocycles. The van der Waals surface area contributed by atoms with E-state index in [2.05, 4.69) is 11.9 Å². The van der Waals surface area contributed by atoms with Gasteiger partial charge in [-0.15, -0.1) is 0 Å². The second-order valence-electron chi connectivity index (χ2n) is 4.33. The Kier molecular flexibility index (Phi) is 3.47. The van der Waals surface area contributed by atoms with Gasteiger partial charge in [-0.05, 0) is 31.2 Å². The zero-order valence-corrected chi connectivity index (χ0v) is 9.70. The van der Waals surface area contributed by atoms with E-state index in [1.165, 1.54) is 12.8 Å². The van der Waals surface area contributed by atoms with Crippen molar-refractivity contribution in [1.29, 1.82) is 0 Å². The van der Waals surface area contributed by atoms with Crippen LogP contribution in [-0.4, -0.2) is 11.1 Å². The summed E-state index contributed by atoms with van der Waals surface area (Å²) in [6.07, 6.45) is 6.95. The van der Waals surface area contributed by atoms with Gasteiger partial charge in [-0.2, -0.15) is 0 Å². The first-order valence-electron chi connectivity index (χ1n) is 5.52. The normalized spacial score (nSPS) is 26.3. The van der Waals surface area contributed by atoms with Crippen molar-refractivity contribution < 1.29 is 4.74 Å². The standard InChI is InChI=1S/C12H16ClNO/c1-9-3-2-4-10(7-9)15-11-5-6-14-12(13)8-11/h5-6,8-10H,2-4,7H2,1H3. The zero-order valence-electron chi connectivity index (χ0n) is 8.95. The molecule has 1 aliphatic rings. The van der Waals surface area contributed by atoms with Gasteiger partial charge in [0.25, 0.3) is 0 Å². The van der Waals surface area contributed by atoms with Crippen LogP contribution in [0.25, 0.3) is 0 Å². The Bertz CT molecular complexity index is 329. The molecule has 2 atom stereocenters. The lowest BCUT2D eigenvalue weighted by Crippen LogP contribution is -2.24. The van der Waals surface area contributed by atoms with Gasteiger partial charge < -0.3 is 4.74 Å². The minimum Gasteiger partial charge on any atom is -0.490 e. The molecule has 82 valence electrons. The summed E-state index contributed by atoms with van der Waals surface area (Å²) in [6, 6.07) is 3.64. The number of hydrogen-bond acceptors (Lipinski definition) is 2. The molecule has 1 fully saturated rings. The molecule has 0 bridgehead atoms. The summed E-state index contributed by atoms with van der Waals surface area (Å²) in [5.74, 6) is 1.62. The van der Waals surface area contributed by atoms with Crippen LogP contribution >= 0.6 is 11.6 Å². The van der Waals surface area contributed by atoms with Crippen LogP contribution < -0.4 is 4.74 Å². The Balaban J connectivity index is 1.96. The van der Waals surface area contributed by atoms with Gasteiger partial charge in [-0.1, -0.05) is 24.9 Å². The fraction of sp³-hybridized carbons (Fsp3) is 0.583. The summed E-state index contributed by atoms with van der Waals surface area (Å²) in [6.45, 7) is 2.29. The lowest BCUT2D eigenvalue weighted by Gasteiger charge is -2.27. The Hall–Kier alpha value is -0.760. The quantitative estimate of drug-likeness (QED) is 0.717. The van der Waals surface area contributed by atoms with E-state index < -0.39 is 0 Å². The summed E-state index contributed by atoms with van der Waals surface area (Å²) in [5, 5.41) is 0.497. The Morgan fingerprint density at radius 1 is 1.47 bits per heavy atom. The van der Waals surface area contributed by atoms with Crippen LogP contribution in [0.5, 0.6) is 5.75 Å². The van der Waals surface area contributed by atoms with Gasteiger partial charge in [0.15, 0.2) is 0 Å². The predicted molar refractivity (Wildman–Crippen MR) is 61.3 cm³/mol. The summed E-state index contributed by atoms with van der Waals surface area (Å²) in [7, 11) is 0. The Morgan fingerprint density at radius 3 is 3.07 bits per heavy atom. The van der Waals surface area contributed by atoms with Gasteiger partial charge in [0.1, 0.15) is 10.9 Å². The number of nitrogens with zero attached hydrogens (tertiary/aromatic N) is 1. The lowest BCUT2D eigenvalue weighted by molar-refractivity contribution is 0.129. The molecule has 0 amide bonds. The third-order valence-electron chi connectivity index (χ3n) is 2.89. The molecule has 15 heavy (non-hydrogen) atoms. The number of rotatable bonds is 2. The van der Waals surface area contributed by atoms with Crippen LogP contribution in [-0.2, 0) is 0 Å². The first-order chi connectivity index (χ1) is 7.24. The van der Waals surface area contributed by atoms with E-state index in [4.69, 9.17) is 16.3 Å². The summed E-state index contributed by atoms with van der Waals surface area (Å²) < 4.78 is 5.88. The lowest BCUT2D eigenvalue weighted by atomic mass is 9.89. The highest BCUT2D eigenvalue weighted by Gasteiger charge is 2.20. The summed E-state index contributed by atoms with van der Waals surface area (Å²) >= 11 is 5.80. The van der Waals surface area contributed by atoms with Crippen molar-refractivity contribution >= 4 is 11.6 Å². The molecule has 1 heterocycles. The molecule has 0 aliphatic heterocycles. The Morgan fingerprint density at radius 2 is 2.33 bits per heavy atom. The van der Waals surface area contributed by atoms with Crippen molar-refractivity contribution in [3.05, 3.63) is 23.5 Å². The highest BCUT2D eigenvalue weighted by molar-refractivity contribution is 6.29. The van der Waals surface area contributed by atoms with Crippen LogP contribution in [0.1, 0.15) is 32.6 Å². The number of pyridine rings is 1. The van der Waals surface area contributed by atoms with Crippen LogP contribution in [0.3, 0.4) is 0 Å². The van der Waals surface area contributed by atoms with Crippen LogP contribution in [0, 0.1) is 5.92 Å². The fourth-order valence-corrected chi connectivity index (χ4v) is 2.30. The molecule has 2 rings (SSSR count). The molecule has 1 aromatic heterocycles. The van der Waals surface area contributed by atoms with Crippen LogP contribution in [0.15, 0.2) is 18.3 Å². The molecule has 1 saturated carbocycles. The molecule has 1 aromatic rings. The average Bonchev–Trinajstić information content (AvgIpc) is 2.17. The maximum atomic E-state index is 5.88. The molecule has 2 unspecified atom stereocenters. The molecule has 0 radical (unpaired) electrons. The highest BCUT2D eigenvalue weighted by Crippen LogP contribution is 2.27. The van der Waals surface area contributed by atoms with Crippen molar-refractivity contribution in [1.82, 2.24) is 4.98 Å². The van der Waals surface area contributed by atoms with Crippen molar-refractivity contribution in [2.24, 2.45) is 5.92 Å². The van der Waals surface area contributed by atoms with Crippen molar-refractivity contribution in [2.75, 3.05) is 0 Å². The van der Waals surface area contributed by atoms with Crippen molar-refractivity contribution in [3.63, 3.8) is 0 Å². The molecule has 0 aromatic carbocycles.